The zero-order chi connectivity index (χ0) is 19.9. The van der Waals surface area contributed by atoms with Crippen LogP contribution in [0.2, 0.25) is 0 Å². The number of ether oxygens (including phenoxy) is 1. The van der Waals surface area contributed by atoms with Gasteiger partial charge in [0.15, 0.2) is 12.4 Å². The quantitative estimate of drug-likeness (QED) is 0.517. The average molecular weight is 373 g/mol. The molecule has 0 saturated carbocycles. The van der Waals surface area contributed by atoms with Crippen molar-refractivity contribution in [3.05, 3.63) is 101 Å². The molecule has 0 aliphatic carbocycles. The van der Waals surface area contributed by atoms with Crippen molar-refractivity contribution in [1.29, 1.82) is 0 Å². The summed E-state index contributed by atoms with van der Waals surface area (Å²) in [5, 5.41) is 2.77. The lowest BCUT2D eigenvalue weighted by atomic mass is 10.1. The Hall–Kier alpha value is -3.73. The molecule has 28 heavy (non-hydrogen) atoms. The summed E-state index contributed by atoms with van der Waals surface area (Å²) in [6.07, 6.45) is 0. The molecule has 0 unspecified atom stereocenters. The molecule has 0 heterocycles. The third kappa shape index (κ3) is 4.92. The van der Waals surface area contributed by atoms with Gasteiger partial charge in [-0.25, -0.2) is 4.79 Å². The number of esters is 1. The monoisotopic (exact) mass is 373 g/mol. The number of rotatable bonds is 6. The lowest BCUT2D eigenvalue weighted by Gasteiger charge is -2.07. The predicted molar refractivity (Wildman–Crippen MR) is 107 cm³/mol. The first-order valence-corrected chi connectivity index (χ1v) is 8.76. The van der Waals surface area contributed by atoms with Crippen molar-refractivity contribution in [2.45, 2.75) is 6.92 Å². The lowest BCUT2D eigenvalue weighted by Crippen LogP contribution is -2.14. The van der Waals surface area contributed by atoms with Crippen LogP contribution >= 0.6 is 0 Å². The number of ketones is 1. The van der Waals surface area contributed by atoms with E-state index in [9.17, 15) is 14.4 Å². The second-order valence-electron chi connectivity index (χ2n) is 6.26. The molecule has 0 radical (unpaired) electrons. The van der Waals surface area contributed by atoms with Gasteiger partial charge in [0.25, 0.3) is 5.91 Å². The van der Waals surface area contributed by atoms with Crippen molar-refractivity contribution in [1.82, 2.24) is 0 Å². The maximum Gasteiger partial charge on any atom is 0.338 e. The third-order valence-corrected chi connectivity index (χ3v) is 4.12. The molecule has 0 bridgehead atoms. The van der Waals surface area contributed by atoms with E-state index in [-0.39, 0.29) is 18.3 Å². The Morgan fingerprint density at radius 2 is 1.36 bits per heavy atom. The van der Waals surface area contributed by atoms with Gasteiger partial charge in [0.05, 0.1) is 5.56 Å². The number of nitrogens with one attached hydrogen (secondary N) is 1. The number of Topliss-reactive ketones (excluding diaryl/α,β-unsaturated/α-hetero) is 1. The molecule has 1 N–H and O–H groups in total. The highest BCUT2D eigenvalue weighted by Gasteiger charge is 2.12. The minimum absolute atomic E-state index is 0.233. The second kappa shape index (κ2) is 8.77. The maximum atomic E-state index is 12.2. The fourth-order valence-electron chi connectivity index (χ4n) is 2.52. The van der Waals surface area contributed by atoms with Crippen molar-refractivity contribution in [3.8, 4) is 0 Å². The van der Waals surface area contributed by atoms with Crippen LogP contribution in [0.4, 0.5) is 5.69 Å². The van der Waals surface area contributed by atoms with Gasteiger partial charge in [0, 0.05) is 16.8 Å². The van der Waals surface area contributed by atoms with E-state index in [1.807, 2.05) is 25.1 Å². The summed E-state index contributed by atoms with van der Waals surface area (Å²) in [4.78, 5) is 36.3. The zero-order valence-corrected chi connectivity index (χ0v) is 15.3. The number of anilines is 1. The number of aryl methyl sites for hydroxylation is 1. The van der Waals surface area contributed by atoms with Gasteiger partial charge in [-0.1, -0.05) is 48.0 Å². The second-order valence-corrected chi connectivity index (χ2v) is 6.26. The first kappa shape index (κ1) is 19.0. The first-order valence-electron chi connectivity index (χ1n) is 8.76. The fourth-order valence-corrected chi connectivity index (χ4v) is 2.52. The Labute approximate surface area is 163 Å². The van der Waals surface area contributed by atoms with Gasteiger partial charge >= 0.3 is 5.97 Å². The minimum Gasteiger partial charge on any atom is -0.454 e. The van der Waals surface area contributed by atoms with Crippen LogP contribution < -0.4 is 5.32 Å². The molecule has 5 heteroatoms. The van der Waals surface area contributed by atoms with E-state index in [2.05, 4.69) is 5.32 Å². The van der Waals surface area contributed by atoms with Crippen molar-refractivity contribution in [3.63, 3.8) is 0 Å². The maximum absolute atomic E-state index is 12.2. The number of benzene rings is 3. The van der Waals surface area contributed by atoms with Crippen LogP contribution in [0.3, 0.4) is 0 Å². The van der Waals surface area contributed by atoms with Gasteiger partial charge in [0.1, 0.15) is 0 Å². The topological polar surface area (TPSA) is 72.5 Å². The number of carbonyl (C=O) groups is 3. The highest BCUT2D eigenvalue weighted by molar-refractivity contribution is 6.04. The average Bonchev–Trinajstić information content (AvgIpc) is 2.73. The molecular formula is C23H19NO4. The van der Waals surface area contributed by atoms with Crippen LogP contribution in [0.5, 0.6) is 0 Å². The Kier molecular flexibility index (Phi) is 5.97. The molecule has 0 spiro atoms. The fraction of sp³-hybridized carbons (Fsp3) is 0.0870. The van der Waals surface area contributed by atoms with Crippen molar-refractivity contribution < 1.29 is 19.1 Å². The zero-order valence-electron chi connectivity index (χ0n) is 15.3. The minimum atomic E-state index is -0.597. The summed E-state index contributed by atoms with van der Waals surface area (Å²) in [7, 11) is 0. The molecule has 3 rings (SSSR count). The van der Waals surface area contributed by atoms with Gasteiger partial charge in [-0.05, 0) is 43.3 Å². The van der Waals surface area contributed by atoms with Gasteiger partial charge in [0.2, 0.25) is 0 Å². The summed E-state index contributed by atoms with van der Waals surface area (Å²) in [5.41, 5.74) is 2.97. The van der Waals surface area contributed by atoms with Crippen molar-refractivity contribution in [2.75, 3.05) is 11.9 Å². The summed E-state index contributed by atoms with van der Waals surface area (Å²) < 4.78 is 5.07. The standard InChI is InChI=1S/C23H19NO4/c1-16-7-9-18(10-8-16)22(26)24-20-13-11-19(12-14-20)23(27)28-15-21(25)17-5-3-2-4-6-17/h2-14H,15H2,1H3,(H,24,26). The van der Waals surface area contributed by atoms with Crippen LogP contribution in [0.25, 0.3) is 0 Å². The van der Waals surface area contributed by atoms with E-state index in [0.717, 1.165) is 5.56 Å². The summed E-state index contributed by atoms with van der Waals surface area (Å²) in [6, 6.07) is 22.2. The van der Waals surface area contributed by atoms with Crippen LogP contribution in [0, 0.1) is 6.92 Å². The van der Waals surface area contributed by atoms with Crippen molar-refractivity contribution >= 4 is 23.3 Å². The summed E-state index contributed by atoms with van der Waals surface area (Å²) in [6.45, 7) is 1.63. The van der Waals surface area contributed by atoms with Gasteiger partial charge in [-0.2, -0.15) is 0 Å². The lowest BCUT2D eigenvalue weighted by molar-refractivity contribution is 0.0475. The molecule has 0 saturated heterocycles. The number of hydrogen-bond acceptors (Lipinski definition) is 4. The van der Waals surface area contributed by atoms with E-state index in [1.165, 1.54) is 0 Å². The van der Waals surface area contributed by atoms with Crippen molar-refractivity contribution in [2.24, 2.45) is 0 Å². The first-order chi connectivity index (χ1) is 13.5. The predicted octanol–water partition coefficient (Wildman–Crippen LogP) is 4.29. The smallest absolute Gasteiger partial charge is 0.338 e. The molecule has 0 aliphatic rings. The third-order valence-electron chi connectivity index (χ3n) is 4.12. The Bertz CT molecular complexity index is 977. The van der Waals surface area contributed by atoms with E-state index in [4.69, 9.17) is 4.74 Å². The van der Waals surface area contributed by atoms with Crippen LogP contribution in [0.1, 0.15) is 36.6 Å². The van der Waals surface area contributed by atoms with Crippen LogP contribution in [-0.4, -0.2) is 24.3 Å². The normalized spacial score (nSPS) is 10.2. The number of amides is 1. The Morgan fingerprint density at radius 1 is 0.750 bits per heavy atom. The number of hydrogen-bond donors (Lipinski definition) is 1. The molecule has 0 atom stereocenters. The van der Waals surface area contributed by atoms with E-state index in [0.29, 0.717) is 22.4 Å². The molecular weight excluding hydrogens is 354 g/mol. The molecule has 3 aromatic carbocycles. The van der Waals surface area contributed by atoms with Gasteiger partial charge in [-0.3, -0.25) is 9.59 Å². The largest absolute Gasteiger partial charge is 0.454 e. The van der Waals surface area contributed by atoms with E-state index >= 15 is 0 Å². The molecule has 1 amide bonds. The summed E-state index contributed by atoms with van der Waals surface area (Å²) in [5.74, 6) is -1.10. The highest BCUT2D eigenvalue weighted by atomic mass is 16.5. The molecule has 0 aliphatic heterocycles. The van der Waals surface area contributed by atoms with E-state index in [1.54, 1.807) is 60.7 Å². The SMILES string of the molecule is Cc1ccc(C(=O)Nc2ccc(C(=O)OCC(=O)c3ccccc3)cc2)cc1. The van der Waals surface area contributed by atoms with Gasteiger partial charge < -0.3 is 10.1 Å². The molecule has 140 valence electrons. The highest BCUT2D eigenvalue weighted by Crippen LogP contribution is 2.13. The molecule has 0 fully saturated rings. The number of carbonyl (C=O) groups excluding carboxylic acids is 3. The van der Waals surface area contributed by atoms with E-state index < -0.39 is 5.97 Å². The molecule has 0 aromatic heterocycles. The molecule has 3 aromatic rings. The molecule has 5 nitrogen and oxygen atoms in total. The Morgan fingerprint density at radius 3 is 2.00 bits per heavy atom. The van der Waals surface area contributed by atoms with Gasteiger partial charge in [-0.15, -0.1) is 0 Å². The van der Waals surface area contributed by atoms with Crippen LogP contribution in [0.15, 0.2) is 78.9 Å². The Balaban J connectivity index is 1.56. The van der Waals surface area contributed by atoms with Crippen LogP contribution in [-0.2, 0) is 4.74 Å². The summed E-state index contributed by atoms with van der Waals surface area (Å²) >= 11 is 0.